The van der Waals surface area contributed by atoms with E-state index in [1.165, 1.54) is 16.6 Å². The summed E-state index contributed by atoms with van der Waals surface area (Å²) in [4.78, 5) is 17.9. The van der Waals surface area contributed by atoms with Crippen molar-refractivity contribution >= 4 is 16.8 Å². The molecular weight excluding hydrogens is 262 g/mol. The highest BCUT2D eigenvalue weighted by molar-refractivity contribution is 5.87. The fraction of sp³-hybridized carbons (Fsp3) is 0.471. The number of fused-ring (bicyclic) bond motifs is 3. The van der Waals surface area contributed by atoms with Gasteiger partial charge in [0.05, 0.1) is 6.04 Å². The lowest BCUT2D eigenvalue weighted by molar-refractivity contribution is -0.134. The van der Waals surface area contributed by atoms with E-state index >= 15 is 0 Å². The van der Waals surface area contributed by atoms with Gasteiger partial charge in [-0.25, -0.2) is 0 Å². The third-order valence-corrected chi connectivity index (χ3v) is 4.74. The molecule has 0 radical (unpaired) electrons. The van der Waals surface area contributed by atoms with Crippen LogP contribution in [0.15, 0.2) is 24.3 Å². The van der Waals surface area contributed by atoms with Gasteiger partial charge in [0.15, 0.2) is 0 Å². The number of nitrogens with zero attached hydrogens (tertiary/aromatic N) is 1. The number of carbonyl (C=O) groups excluding carboxylic acids is 1. The SMILES string of the molecule is CCC(C)C(N)C(=O)N1CCc2[nH]c3ccccc3c2C1. The molecule has 4 nitrogen and oxygen atoms in total. The number of hydrogen-bond acceptors (Lipinski definition) is 2. The van der Waals surface area contributed by atoms with Crippen LogP contribution >= 0.6 is 0 Å². The van der Waals surface area contributed by atoms with E-state index < -0.39 is 0 Å². The number of amides is 1. The van der Waals surface area contributed by atoms with Crippen LogP contribution in [0.2, 0.25) is 0 Å². The highest BCUT2D eigenvalue weighted by Gasteiger charge is 2.29. The Bertz CT molecular complexity index is 661. The molecule has 0 saturated heterocycles. The van der Waals surface area contributed by atoms with Crippen LogP contribution in [-0.4, -0.2) is 28.4 Å². The number of hydrogen-bond donors (Lipinski definition) is 2. The predicted octanol–water partition coefficient (Wildman–Crippen LogP) is 2.43. The minimum Gasteiger partial charge on any atom is -0.358 e. The van der Waals surface area contributed by atoms with Crippen LogP contribution in [0.1, 0.15) is 31.5 Å². The largest absolute Gasteiger partial charge is 0.358 e. The normalized spacial score (nSPS) is 17.6. The van der Waals surface area contributed by atoms with Crippen molar-refractivity contribution in [2.75, 3.05) is 6.54 Å². The van der Waals surface area contributed by atoms with E-state index in [-0.39, 0.29) is 17.9 Å². The highest BCUT2D eigenvalue weighted by Crippen LogP contribution is 2.28. The molecule has 1 aliphatic rings. The molecule has 4 heteroatoms. The second-order valence-corrected chi connectivity index (χ2v) is 6.05. The van der Waals surface area contributed by atoms with E-state index in [1.807, 2.05) is 24.0 Å². The summed E-state index contributed by atoms with van der Waals surface area (Å²) in [5.74, 6) is 0.308. The molecule has 21 heavy (non-hydrogen) atoms. The van der Waals surface area contributed by atoms with E-state index in [9.17, 15) is 4.79 Å². The molecule has 0 aliphatic carbocycles. The molecule has 1 amide bonds. The Kier molecular flexibility index (Phi) is 3.72. The van der Waals surface area contributed by atoms with Crippen molar-refractivity contribution in [1.29, 1.82) is 0 Å². The molecule has 0 fully saturated rings. The third-order valence-electron chi connectivity index (χ3n) is 4.74. The van der Waals surface area contributed by atoms with Gasteiger partial charge in [-0.1, -0.05) is 38.5 Å². The molecular formula is C17H23N3O. The fourth-order valence-corrected chi connectivity index (χ4v) is 3.06. The fourth-order valence-electron chi connectivity index (χ4n) is 3.06. The van der Waals surface area contributed by atoms with Gasteiger partial charge in [-0.05, 0) is 12.0 Å². The number of aromatic nitrogens is 1. The Balaban J connectivity index is 1.85. The molecule has 0 spiro atoms. The van der Waals surface area contributed by atoms with Crippen molar-refractivity contribution in [2.45, 2.75) is 39.3 Å². The number of H-pyrrole nitrogens is 1. The first-order valence-corrected chi connectivity index (χ1v) is 7.74. The number of aromatic amines is 1. The smallest absolute Gasteiger partial charge is 0.240 e. The number of carbonyl (C=O) groups is 1. The summed E-state index contributed by atoms with van der Waals surface area (Å²) in [6.07, 6.45) is 1.81. The topological polar surface area (TPSA) is 62.1 Å². The summed E-state index contributed by atoms with van der Waals surface area (Å²) in [7, 11) is 0. The molecule has 2 unspecified atom stereocenters. The molecule has 0 bridgehead atoms. The van der Waals surface area contributed by atoms with Crippen LogP contribution in [0.4, 0.5) is 0 Å². The number of benzene rings is 1. The zero-order chi connectivity index (χ0) is 15.0. The molecule has 3 rings (SSSR count). The molecule has 1 aliphatic heterocycles. The molecule has 112 valence electrons. The first-order valence-electron chi connectivity index (χ1n) is 7.74. The minimum atomic E-state index is -0.387. The summed E-state index contributed by atoms with van der Waals surface area (Å²) >= 11 is 0. The van der Waals surface area contributed by atoms with E-state index in [0.717, 1.165) is 24.9 Å². The summed E-state index contributed by atoms with van der Waals surface area (Å²) in [5, 5.41) is 1.22. The van der Waals surface area contributed by atoms with E-state index in [2.05, 4.69) is 24.0 Å². The lowest BCUT2D eigenvalue weighted by Gasteiger charge is -2.31. The minimum absolute atomic E-state index is 0.0836. The lowest BCUT2D eigenvalue weighted by Crippen LogP contribution is -2.48. The first-order chi connectivity index (χ1) is 10.1. The van der Waals surface area contributed by atoms with Gasteiger partial charge in [-0.3, -0.25) is 4.79 Å². The summed E-state index contributed by atoms with van der Waals surface area (Å²) in [5.41, 5.74) is 9.78. The molecule has 2 aromatic rings. The van der Waals surface area contributed by atoms with Gasteiger partial charge in [0.1, 0.15) is 0 Å². The first kappa shape index (κ1) is 14.1. The quantitative estimate of drug-likeness (QED) is 0.909. The van der Waals surface area contributed by atoms with E-state index in [4.69, 9.17) is 5.73 Å². The maximum Gasteiger partial charge on any atom is 0.240 e. The average molecular weight is 285 g/mol. The standard InChI is InChI=1S/C17H23N3O/c1-3-11(2)16(18)17(21)20-9-8-15-13(10-20)12-6-4-5-7-14(12)19-15/h4-7,11,16,19H,3,8-10,18H2,1-2H3. The van der Waals surface area contributed by atoms with Crippen LogP contribution < -0.4 is 5.73 Å². The van der Waals surface area contributed by atoms with Gasteiger partial charge < -0.3 is 15.6 Å². The maximum absolute atomic E-state index is 12.6. The van der Waals surface area contributed by atoms with Crippen molar-refractivity contribution in [2.24, 2.45) is 11.7 Å². The van der Waals surface area contributed by atoms with Crippen molar-refractivity contribution in [3.05, 3.63) is 35.5 Å². The second-order valence-electron chi connectivity index (χ2n) is 6.05. The molecule has 2 heterocycles. The van der Waals surface area contributed by atoms with Gasteiger partial charge in [0.2, 0.25) is 5.91 Å². The molecule has 1 aromatic heterocycles. The Morgan fingerprint density at radius 1 is 1.43 bits per heavy atom. The van der Waals surface area contributed by atoms with Crippen molar-refractivity contribution in [3.63, 3.8) is 0 Å². The Labute approximate surface area is 125 Å². The zero-order valence-corrected chi connectivity index (χ0v) is 12.7. The Hall–Kier alpha value is -1.81. The van der Waals surface area contributed by atoms with Crippen LogP contribution in [0.3, 0.4) is 0 Å². The van der Waals surface area contributed by atoms with Gasteiger partial charge in [0, 0.05) is 41.7 Å². The van der Waals surface area contributed by atoms with Gasteiger partial charge in [-0.15, -0.1) is 0 Å². The van der Waals surface area contributed by atoms with Gasteiger partial charge in [-0.2, -0.15) is 0 Å². The molecule has 1 aromatic carbocycles. The molecule has 3 N–H and O–H groups in total. The number of nitrogens with one attached hydrogen (secondary N) is 1. The number of rotatable bonds is 3. The van der Waals surface area contributed by atoms with Crippen molar-refractivity contribution in [1.82, 2.24) is 9.88 Å². The molecule has 2 atom stereocenters. The van der Waals surface area contributed by atoms with E-state index in [0.29, 0.717) is 6.54 Å². The summed E-state index contributed by atoms with van der Waals surface area (Å²) < 4.78 is 0. The van der Waals surface area contributed by atoms with Crippen molar-refractivity contribution < 1.29 is 4.79 Å². The monoisotopic (exact) mass is 285 g/mol. The third kappa shape index (κ3) is 2.44. The Morgan fingerprint density at radius 2 is 2.19 bits per heavy atom. The lowest BCUT2D eigenvalue weighted by atomic mass is 9.97. The van der Waals surface area contributed by atoms with Crippen LogP contribution in [-0.2, 0) is 17.8 Å². The molecule has 0 saturated carbocycles. The maximum atomic E-state index is 12.6. The second kappa shape index (κ2) is 5.53. The average Bonchev–Trinajstić information content (AvgIpc) is 2.90. The summed E-state index contributed by atoms with van der Waals surface area (Å²) in [6.45, 7) is 5.54. The van der Waals surface area contributed by atoms with Crippen LogP contribution in [0.5, 0.6) is 0 Å². The summed E-state index contributed by atoms with van der Waals surface area (Å²) in [6, 6.07) is 7.90. The van der Waals surface area contributed by atoms with Gasteiger partial charge in [0.25, 0.3) is 0 Å². The Morgan fingerprint density at radius 3 is 2.95 bits per heavy atom. The van der Waals surface area contributed by atoms with Crippen molar-refractivity contribution in [3.8, 4) is 0 Å². The van der Waals surface area contributed by atoms with Gasteiger partial charge >= 0.3 is 0 Å². The number of para-hydroxylation sites is 1. The predicted molar refractivity (Wildman–Crippen MR) is 84.9 cm³/mol. The van der Waals surface area contributed by atoms with E-state index in [1.54, 1.807) is 0 Å². The number of nitrogens with two attached hydrogens (primary N) is 1. The zero-order valence-electron chi connectivity index (χ0n) is 12.7. The van der Waals surface area contributed by atoms with Crippen LogP contribution in [0, 0.1) is 5.92 Å². The van der Waals surface area contributed by atoms with Crippen LogP contribution in [0.25, 0.3) is 10.9 Å². The highest BCUT2D eigenvalue weighted by atomic mass is 16.2.